The van der Waals surface area contributed by atoms with Crippen LogP contribution >= 0.6 is 0 Å². The lowest BCUT2D eigenvalue weighted by Crippen LogP contribution is -2.40. The van der Waals surface area contributed by atoms with Crippen LogP contribution < -0.4 is 14.8 Å². The lowest BCUT2D eigenvalue weighted by Gasteiger charge is -2.26. The molecular formula is C20H19N3O3. The maximum Gasteiger partial charge on any atom is 0.251 e. The summed E-state index contributed by atoms with van der Waals surface area (Å²) >= 11 is 0. The molecule has 6 nitrogen and oxygen atoms in total. The number of carbonyl (C=O) groups excluding carboxylic acids is 1. The van der Waals surface area contributed by atoms with Crippen molar-refractivity contribution in [2.75, 3.05) is 13.2 Å². The van der Waals surface area contributed by atoms with Crippen molar-refractivity contribution in [1.82, 2.24) is 15.3 Å². The molecule has 0 aliphatic carbocycles. The SMILES string of the molecule is Cc1nc2ccc(C(=O)NCC3COc4ccccc4O3)cc2nc1C. The van der Waals surface area contributed by atoms with E-state index in [-0.39, 0.29) is 12.0 Å². The number of rotatable bonds is 3. The molecular weight excluding hydrogens is 330 g/mol. The molecule has 3 aromatic rings. The maximum atomic E-state index is 12.5. The smallest absolute Gasteiger partial charge is 0.251 e. The van der Waals surface area contributed by atoms with Gasteiger partial charge in [-0.15, -0.1) is 0 Å². The number of carbonyl (C=O) groups is 1. The largest absolute Gasteiger partial charge is 0.486 e. The molecule has 0 spiro atoms. The van der Waals surface area contributed by atoms with Gasteiger partial charge in [-0.25, -0.2) is 9.97 Å². The number of aryl methyl sites for hydroxylation is 2. The van der Waals surface area contributed by atoms with Gasteiger partial charge in [0.25, 0.3) is 5.91 Å². The van der Waals surface area contributed by atoms with Crippen molar-refractivity contribution in [3.8, 4) is 11.5 Å². The number of aromatic nitrogens is 2. The number of nitrogens with one attached hydrogen (secondary N) is 1. The van der Waals surface area contributed by atoms with Crippen LogP contribution in [0.5, 0.6) is 11.5 Å². The first-order chi connectivity index (χ1) is 12.6. The number of hydrogen-bond acceptors (Lipinski definition) is 5. The van der Waals surface area contributed by atoms with Crippen molar-refractivity contribution in [1.29, 1.82) is 0 Å². The number of ether oxygens (including phenoxy) is 2. The number of nitrogens with zero attached hydrogens (tertiary/aromatic N) is 2. The molecule has 1 unspecified atom stereocenters. The summed E-state index contributed by atoms with van der Waals surface area (Å²) in [6, 6.07) is 12.9. The Morgan fingerprint density at radius 1 is 1.08 bits per heavy atom. The average Bonchev–Trinajstić information content (AvgIpc) is 2.66. The molecule has 4 rings (SSSR count). The van der Waals surface area contributed by atoms with Gasteiger partial charge in [0.2, 0.25) is 0 Å². The second-order valence-electron chi connectivity index (χ2n) is 6.31. The van der Waals surface area contributed by atoms with E-state index in [1.54, 1.807) is 12.1 Å². The molecule has 1 amide bonds. The van der Waals surface area contributed by atoms with E-state index < -0.39 is 0 Å². The topological polar surface area (TPSA) is 73.3 Å². The predicted octanol–water partition coefficient (Wildman–Crippen LogP) is 2.82. The highest BCUT2D eigenvalue weighted by Crippen LogP contribution is 2.30. The highest BCUT2D eigenvalue weighted by molar-refractivity contribution is 5.97. The third kappa shape index (κ3) is 3.18. The van der Waals surface area contributed by atoms with E-state index in [0.29, 0.717) is 30.0 Å². The zero-order valence-corrected chi connectivity index (χ0v) is 14.7. The minimum atomic E-state index is -0.223. The Morgan fingerprint density at radius 2 is 1.81 bits per heavy atom. The monoisotopic (exact) mass is 349 g/mol. The quantitative estimate of drug-likeness (QED) is 0.787. The van der Waals surface area contributed by atoms with Crippen LogP contribution in [0.15, 0.2) is 42.5 Å². The normalized spacial score (nSPS) is 15.7. The van der Waals surface area contributed by atoms with Crippen molar-refractivity contribution in [2.24, 2.45) is 0 Å². The van der Waals surface area contributed by atoms with Crippen molar-refractivity contribution in [2.45, 2.75) is 20.0 Å². The Hall–Kier alpha value is -3.15. The van der Waals surface area contributed by atoms with Gasteiger partial charge in [0, 0.05) is 5.56 Å². The lowest BCUT2D eigenvalue weighted by molar-refractivity contribution is 0.0789. The number of fused-ring (bicyclic) bond motifs is 2. The minimum absolute atomic E-state index is 0.172. The van der Waals surface area contributed by atoms with Crippen molar-refractivity contribution in [3.63, 3.8) is 0 Å². The van der Waals surface area contributed by atoms with Gasteiger partial charge in [-0.2, -0.15) is 0 Å². The molecule has 6 heteroatoms. The lowest BCUT2D eigenvalue weighted by atomic mass is 10.1. The summed E-state index contributed by atoms with van der Waals surface area (Å²) in [5.41, 5.74) is 3.80. The molecule has 1 N–H and O–H groups in total. The Labute approximate surface area is 151 Å². The second-order valence-corrected chi connectivity index (χ2v) is 6.31. The fourth-order valence-corrected chi connectivity index (χ4v) is 2.84. The highest BCUT2D eigenvalue weighted by Gasteiger charge is 2.21. The summed E-state index contributed by atoms with van der Waals surface area (Å²) in [6.07, 6.45) is -0.223. The highest BCUT2D eigenvalue weighted by atomic mass is 16.6. The van der Waals surface area contributed by atoms with Crippen LogP contribution in [0.1, 0.15) is 21.7 Å². The molecule has 26 heavy (non-hydrogen) atoms. The fourth-order valence-electron chi connectivity index (χ4n) is 2.84. The van der Waals surface area contributed by atoms with Crippen LogP contribution in [0.2, 0.25) is 0 Å². The molecule has 0 saturated carbocycles. The summed E-state index contributed by atoms with van der Waals surface area (Å²) in [4.78, 5) is 21.5. The van der Waals surface area contributed by atoms with Crippen molar-refractivity contribution >= 4 is 16.9 Å². The molecule has 2 aromatic carbocycles. The van der Waals surface area contributed by atoms with E-state index in [1.807, 2.05) is 44.2 Å². The zero-order chi connectivity index (χ0) is 18.1. The molecule has 2 heterocycles. The number of amides is 1. The van der Waals surface area contributed by atoms with E-state index >= 15 is 0 Å². The zero-order valence-electron chi connectivity index (χ0n) is 14.7. The Balaban J connectivity index is 1.44. The van der Waals surface area contributed by atoms with E-state index in [0.717, 1.165) is 22.7 Å². The summed E-state index contributed by atoms with van der Waals surface area (Å²) < 4.78 is 11.5. The summed E-state index contributed by atoms with van der Waals surface area (Å²) in [7, 11) is 0. The summed E-state index contributed by atoms with van der Waals surface area (Å²) in [5.74, 6) is 1.26. The van der Waals surface area contributed by atoms with Crippen LogP contribution in [0.25, 0.3) is 11.0 Å². The van der Waals surface area contributed by atoms with Gasteiger partial charge in [-0.05, 0) is 44.2 Å². The molecule has 0 bridgehead atoms. The minimum Gasteiger partial charge on any atom is -0.486 e. The Morgan fingerprint density at radius 3 is 2.62 bits per heavy atom. The predicted molar refractivity (Wildman–Crippen MR) is 97.7 cm³/mol. The van der Waals surface area contributed by atoms with Gasteiger partial charge in [0.1, 0.15) is 12.7 Å². The number of para-hydroxylation sites is 2. The molecule has 1 atom stereocenters. The van der Waals surface area contributed by atoms with Crippen molar-refractivity contribution < 1.29 is 14.3 Å². The van der Waals surface area contributed by atoms with E-state index in [2.05, 4.69) is 15.3 Å². The van der Waals surface area contributed by atoms with Gasteiger partial charge in [0.15, 0.2) is 11.5 Å². The first-order valence-electron chi connectivity index (χ1n) is 8.52. The number of benzene rings is 2. The van der Waals surface area contributed by atoms with Gasteiger partial charge in [-0.1, -0.05) is 12.1 Å². The molecule has 132 valence electrons. The molecule has 0 saturated heterocycles. The Bertz CT molecular complexity index is 987. The Kier molecular flexibility index (Phi) is 4.16. The van der Waals surface area contributed by atoms with Crippen LogP contribution in [-0.2, 0) is 0 Å². The van der Waals surface area contributed by atoms with Crippen LogP contribution in [-0.4, -0.2) is 35.1 Å². The molecule has 1 aliphatic heterocycles. The average molecular weight is 349 g/mol. The molecule has 0 fully saturated rings. The van der Waals surface area contributed by atoms with Gasteiger partial charge < -0.3 is 14.8 Å². The van der Waals surface area contributed by atoms with E-state index in [9.17, 15) is 4.79 Å². The third-order valence-corrected chi connectivity index (χ3v) is 4.40. The number of hydrogen-bond donors (Lipinski definition) is 1. The van der Waals surface area contributed by atoms with Crippen LogP contribution in [0.4, 0.5) is 0 Å². The van der Waals surface area contributed by atoms with Crippen LogP contribution in [0.3, 0.4) is 0 Å². The third-order valence-electron chi connectivity index (χ3n) is 4.40. The fraction of sp³-hybridized carbons (Fsp3) is 0.250. The first kappa shape index (κ1) is 16.3. The first-order valence-corrected chi connectivity index (χ1v) is 8.52. The standard InChI is InChI=1S/C20H19N3O3/c1-12-13(2)23-17-9-14(7-8-16(17)22-12)20(24)21-10-15-11-25-18-5-3-4-6-19(18)26-15/h3-9,15H,10-11H2,1-2H3,(H,21,24). The van der Waals surface area contributed by atoms with Crippen LogP contribution in [0, 0.1) is 13.8 Å². The van der Waals surface area contributed by atoms with E-state index in [4.69, 9.17) is 9.47 Å². The molecule has 1 aliphatic rings. The van der Waals surface area contributed by atoms with Gasteiger partial charge in [0.05, 0.1) is 29.0 Å². The van der Waals surface area contributed by atoms with Gasteiger partial charge in [-0.3, -0.25) is 4.79 Å². The maximum absolute atomic E-state index is 12.5. The van der Waals surface area contributed by atoms with Gasteiger partial charge >= 0.3 is 0 Å². The molecule has 1 aromatic heterocycles. The summed E-state index contributed by atoms with van der Waals surface area (Å²) in [6.45, 7) is 4.60. The van der Waals surface area contributed by atoms with Crippen molar-refractivity contribution in [3.05, 3.63) is 59.4 Å². The second kappa shape index (κ2) is 6.63. The molecule has 0 radical (unpaired) electrons. The van der Waals surface area contributed by atoms with E-state index in [1.165, 1.54) is 0 Å². The summed E-state index contributed by atoms with van der Waals surface area (Å²) in [5, 5.41) is 2.90.